The normalized spacial score (nSPS) is 16.6. The van der Waals surface area contributed by atoms with Gasteiger partial charge < -0.3 is 15.8 Å². The molecule has 0 aromatic heterocycles. The molecule has 1 aromatic rings. The van der Waals surface area contributed by atoms with Gasteiger partial charge in [0.1, 0.15) is 5.82 Å². The van der Waals surface area contributed by atoms with Gasteiger partial charge >= 0.3 is 0 Å². The van der Waals surface area contributed by atoms with Gasteiger partial charge in [-0.15, -0.1) is 0 Å². The lowest BCUT2D eigenvalue weighted by Crippen LogP contribution is -2.28. The van der Waals surface area contributed by atoms with Gasteiger partial charge in [-0.05, 0) is 30.5 Å². The van der Waals surface area contributed by atoms with Crippen LogP contribution in [0.15, 0.2) is 18.2 Å². The van der Waals surface area contributed by atoms with Crippen LogP contribution < -0.4 is 11.1 Å². The van der Waals surface area contributed by atoms with E-state index in [0.29, 0.717) is 31.6 Å². The lowest BCUT2D eigenvalue weighted by atomic mass is 9.99. The summed E-state index contributed by atoms with van der Waals surface area (Å²) in [5.41, 5.74) is 6.34. The number of carbonyl (C=O) groups is 1. The smallest absolute Gasteiger partial charge is 0.227 e. The Bertz CT molecular complexity index is 431. The average molecular weight is 252 g/mol. The van der Waals surface area contributed by atoms with Gasteiger partial charge in [-0.1, -0.05) is 6.07 Å². The van der Waals surface area contributed by atoms with Crippen molar-refractivity contribution in [1.29, 1.82) is 0 Å². The second-order valence-corrected chi connectivity index (χ2v) is 4.39. The third kappa shape index (κ3) is 3.05. The van der Waals surface area contributed by atoms with Gasteiger partial charge in [0.05, 0.1) is 5.69 Å². The van der Waals surface area contributed by atoms with Gasteiger partial charge in [-0.2, -0.15) is 0 Å². The molecule has 0 aliphatic carbocycles. The molecule has 1 aromatic carbocycles. The summed E-state index contributed by atoms with van der Waals surface area (Å²) in [5.74, 6) is -0.677. The fourth-order valence-electron chi connectivity index (χ4n) is 1.98. The zero-order chi connectivity index (χ0) is 13.0. The maximum Gasteiger partial charge on any atom is 0.227 e. The highest BCUT2D eigenvalue weighted by molar-refractivity contribution is 5.92. The molecule has 2 rings (SSSR count). The van der Waals surface area contributed by atoms with Gasteiger partial charge in [0, 0.05) is 25.7 Å². The lowest BCUT2D eigenvalue weighted by molar-refractivity contribution is -0.122. The van der Waals surface area contributed by atoms with E-state index in [9.17, 15) is 9.18 Å². The standard InChI is InChI=1S/C13H17FN2O2/c14-11-7-9(8-15)1-2-12(11)16-13(17)10-3-5-18-6-4-10/h1-2,7,10H,3-6,8,15H2,(H,16,17). The molecule has 1 heterocycles. The highest BCUT2D eigenvalue weighted by Gasteiger charge is 2.22. The molecule has 3 N–H and O–H groups in total. The second-order valence-electron chi connectivity index (χ2n) is 4.39. The molecular formula is C13H17FN2O2. The van der Waals surface area contributed by atoms with Crippen LogP contribution in [-0.2, 0) is 16.1 Å². The van der Waals surface area contributed by atoms with Gasteiger partial charge in [0.25, 0.3) is 0 Å². The number of ether oxygens (including phenoxy) is 1. The van der Waals surface area contributed by atoms with Crippen LogP contribution in [0.25, 0.3) is 0 Å². The summed E-state index contributed by atoms with van der Waals surface area (Å²) in [6.07, 6.45) is 1.38. The topological polar surface area (TPSA) is 64.3 Å². The van der Waals surface area contributed by atoms with E-state index in [1.165, 1.54) is 6.07 Å². The van der Waals surface area contributed by atoms with E-state index in [0.717, 1.165) is 0 Å². The third-order valence-corrected chi connectivity index (χ3v) is 3.12. The van der Waals surface area contributed by atoms with Gasteiger partial charge in [0.2, 0.25) is 5.91 Å². The monoisotopic (exact) mass is 252 g/mol. The summed E-state index contributed by atoms with van der Waals surface area (Å²) in [7, 11) is 0. The third-order valence-electron chi connectivity index (χ3n) is 3.12. The maximum absolute atomic E-state index is 13.7. The number of hydrogen-bond acceptors (Lipinski definition) is 3. The minimum absolute atomic E-state index is 0.0904. The molecule has 4 nitrogen and oxygen atoms in total. The second kappa shape index (κ2) is 5.93. The van der Waals surface area contributed by atoms with Crippen molar-refractivity contribution in [2.45, 2.75) is 19.4 Å². The van der Waals surface area contributed by atoms with Crippen molar-refractivity contribution in [2.24, 2.45) is 11.7 Å². The molecule has 5 heteroatoms. The zero-order valence-corrected chi connectivity index (χ0v) is 10.1. The van der Waals surface area contributed by atoms with Crippen molar-refractivity contribution >= 4 is 11.6 Å². The Kier molecular flexibility index (Phi) is 4.28. The first-order valence-electron chi connectivity index (χ1n) is 6.08. The SMILES string of the molecule is NCc1ccc(NC(=O)C2CCOCC2)c(F)c1. The number of amides is 1. The Balaban J connectivity index is 2.02. The van der Waals surface area contributed by atoms with Crippen molar-refractivity contribution < 1.29 is 13.9 Å². The number of nitrogens with one attached hydrogen (secondary N) is 1. The summed E-state index contributed by atoms with van der Waals surface area (Å²) in [4.78, 5) is 11.9. The fraction of sp³-hybridized carbons (Fsp3) is 0.462. The highest BCUT2D eigenvalue weighted by Crippen LogP contribution is 2.20. The largest absolute Gasteiger partial charge is 0.381 e. The van der Waals surface area contributed by atoms with Crippen molar-refractivity contribution in [2.75, 3.05) is 18.5 Å². The van der Waals surface area contributed by atoms with Crippen LogP contribution in [-0.4, -0.2) is 19.1 Å². The van der Waals surface area contributed by atoms with E-state index in [-0.39, 0.29) is 24.1 Å². The van der Waals surface area contributed by atoms with Crippen molar-refractivity contribution in [1.82, 2.24) is 0 Å². The number of benzene rings is 1. The quantitative estimate of drug-likeness (QED) is 0.859. The summed E-state index contributed by atoms with van der Waals surface area (Å²) < 4.78 is 18.9. The van der Waals surface area contributed by atoms with E-state index in [2.05, 4.69) is 5.32 Å². The first kappa shape index (κ1) is 13.0. The van der Waals surface area contributed by atoms with E-state index in [1.807, 2.05) is 0 Å². The summed E-state index contributed by atoms with van der Waals surface area (Å²) in [5, 5.41) is 2.62. The molecule has 0 saturated carbocycles. The maximum atomic E-state index is 13.7. The van der Waals surface area contributed by atoms with E-state index < -0.39 is 5.82 Å². The predicted molar refractivity (Wildman–Crippen MR) is 66.5 cm³/mol. The van der Waals surface area contributed by atoms with E-state index in [4.69, 9.17) is 10.5 Å². The molecule has 0 unspecified atom stereocenters. The average Bonchev–Trinajstić information content (AvgIpc) is 2.42. The van der Waals surface area contributed by atoms with Gasteiger partial charge in [0.15, 0.2) is 0 Å². The van der Waals surface area contributed by atoms with Crippen LogP contribution in [0.2, 0.25) is 0 Å². The summed E-state index contributed by atoms with van der Waals surface area (Å²) >= 11 is 0. The lowest BCUT2D eigenvalue weighted by Gasteiger charge is -2.21. The number of rotatable bonds is 3. The minimum Gasteiger partial charge on any atom is -0.381 e. The zero-order valence-electron chi connectivity index (χ0n) is 10.1. The Hall–Kier alpha value is -1.46. The Labute approximate surface area is 105 Å². The number of halogens is 1. The van der Waals surface area contributed by atoms with Gasteiger partial charge in [-0.25, -0.2) is 4.39 Å². The first-order chi connectivity index (χ1) is 8.70. The van der Waals surface area contributed by atoms with Crippen LogP contribution in [0, 0.1) is 11.7 Å². The Morgan fingerprint density at radius 2 is 2.17 bits per heavy atom. The molecule has 0 radical (unpaired) electrons. The molecule has 1 fully saturated rings. The molecule has 1 aliphatic heterocycles. The van der Waals surface area contributed by atoms with Crippen LogP contribution >= 0.6 is 0 Å². The molecule has 98 valence electrons. The number of nitrogens with two attached hydrogens (primary N) is 1. The van der Waals surface area contributed by atoms with Crippen molar-refractivity contribution in [3.63, 3.8) is 0 Å². The molecule has 0 atom stereocenters. The number of carbonyl (C=O) groups excluding carboxylic acids is 1. The summed E-state index contributed by atoms with van der Waals surface area (Å²) in [6, 6.07) is 4.61. The van der Waals surface area contributed by atoms with Gasteiger partial charge in [-0.3, -0.25) is 4.79 Å². The van der Waals surface area contributed by atoms with Crippen LogP contribution in [0.1, 0.15) is 18.4 Å². The van der Waals surface area contributed by atoms with Crippen LogP contribution in [0.5, 0.6) is 0 Å². The Morgan fingerprint density at radius 3 is 2.78 bits per heavy atom. The summed E-state index contributed by atoms with van der Waals surface area (Å²) in [6.45, 7) is 1.46. The predicted octanol–water partition coefficient (Wildman–Crippen LogP) is 1.65. The molecule has 1 aliphatic rings. The minimum atomic E-state index is -0.446. The molecule has 18 heavy (non-hydrogen) atoms. The van der Waals surface area contributed by atoms with E-state index in [1.54, 1.807) is 12.1 Å². The highest BCUT2D eigenvalue weighted by atomic mass is 19.1. The number of anilines is 1. The fourth-order valence-corrected chi connectivity index (χ4v) is 1.98. The number of hydrogen-bond donors (Lipinski definition) is 2. The first-order valence-corrected chi connectivity index (χ1v) is 6.08. The molecular weight excluding hydrogens is 235 g/mol. The van der Waals surface area contributed by atoms with Crippen LogP contribution in [0.4, 0.5) is 10.1 Å². The Morgan fingerprint density at radius 1 is 1.44 bits per heavy atom. The molecule has 1 amide bonds. The van der Waals surface area contributed by atoms with E-state index >= 15 is 0 Å². The van der Waals surface area contributed by atoms with Crippen molar-refractivity contribution in [3.05, 3.63) is 29.6 Å². The molecule has 0 spiro atoms. The molecule has 1 saturated heterocycles. The molecule has 0 bridgehead atoms. The van der Waals surface area contributed by atoms with Crippen molar-refractivity contribution in [3.8, 4) is 0 Å². The van der Waals surface area contributed by atoms with Crippen LogP contribution in [0.3, 0.4) is 0 Å².